The van der Waals surface area contributed by atoms with Crippen LogP contribution >= 0.6 is 0 Å². The highest BCUT2D eigenvalue weighted by molar-refractivity contribution is 5.95. The van der Waals surface area contributed by atoms with Crippen molar-refractivity contribution < 1.29 is 4.79 Å². The van der Waals surface area contributed by atoms with Crippen LogP contribution in [0.5, 0.6) is 0 Å². The van der Waals surface area contributed by atoms with Gasteiger partial charge in [-0.05, 0) is 54.2 Å². The van der Waals surface area contributed by atoms with Crippen LogP contribution in [0.2, 0.25) is 0 Å². The zero-order valence-electron chi connectivity index (χ0n) is 14.2. The van der Waals surface area contributed by atoms with Crippen molar-refractivity contribution in [1.82, 2.24) is 10.9 Å². The molecule has 120 valence electrons. The van der Waals surface area contributed by atoms with Crippen LogP contribution in [-0.4, -0.2) is 5.91 Å². The molecule has 1 aliphatic heterocycles. The molecule has 3 heteroatoms. The van der Waals surface area contributed by atoms with Gasteiger partial charge in [-0.3, -0.25) is 10.2 Å². The predicted octanol–water partition coefficient (Wildman–Crippen LogP) is 4.04. The van der Waals surface area contributed by atoms with Gasteiger partial charge >= 0.3 is 0 Å². The Labute approximate surface area is 137 Å². The van der Waals surface area contributed by atoms with E-state index >= 15 is 0 Å². The standard InChI is InChI=1S/C20H24N2O/c1-13(2)11-15-10-9-14-7-5-6-8-16(14)17(15)12-18-20(3,4)19(23)22-21-18/h5-10,12-13,21H,11H2,1-4H3,(H,22,23)/b18-12-. The van der Waals surface area contributed by atoms with Crippen LogP contribution in [-0.2, 0) is 11.2 Å². The van der Waals surface area contributed by atoms with Gasteiger partial charge in [0.05, 0.1) is 5.41 Å². The lowest BCUT2D eigenvalue weighted by Gasteiger charge is -2.17. The smallest absolute Gasteiger partial charge is 0.249 e. The third kappa shape index (κ3) is 2.83. The molecule has 1 saturated heterocycles. The number of rotatable bonds is 3. The molecule has 1 heterocycles. The Morgan fingerprint density at radius 3 is 2.48 bits per heavy atom. The molecule has 3 nitrogen and oxygen atoms in total. The zero-order valence-corrected chi connectivity index (χ0v) is 14.2. The number of hydrazine groups is 1. The zero-order chi connectivity index (χ0) is 16.6. The van der Waals surface area contributed by atoms with Crippen molar-refractivity contribution in [3.63, 3.8) is 0 Å². The van der Waals surface area contributed by atoms with Gasteiger partial charge in [0.15, 0.2) is 0 Å². The summed E-state index contributed by atoms with van der Waals surface area (Å²) in [5, 5.41) is 2.46. The number of hydrogen-bond donors (Lipinski definition) is 2. The van der Waals surface area contributed by atoms with E-state index in [1.807, 2.05) is 13.8 Å². The summed E-state index contributed by atoms with van der Waals surface area (Å²) in [6.45, 7) is 8.35. The molecular weight excluding hydrogens is 284 g/mol. The first-order valence-corrected chi connectivity index (χ1v) is 8.19. The summed E-state index contributed by atoms with van der Waals surface area (Å²) in [5.74, 6) is 0.590. The lowest BCUT2D eigenvalue weighted by molar-refractivity contribution is -0.125. The SMILES string of the molecule is CC(C)Cc1ccc2ccccc2c1/C=C1\NNC(=O)C1(C)C. The van der Waals surface area contributed by atoms with Crippen LogP contribution in [0.3, 0.4) is 0 Å². The molecule has 23 heavy (non-hydrogen) atoms. The summed E-state index contributed by atoms with van der Waals surface area (Å²) >= 11 is 0. The van der Waals surface area contributed by atoms with E-state index in [9.17, 15) is 4.79 Å². The Morgan fingerprint density at radius 1 is 1.09 bits per heavy atom. The van der Waals surface area contributed by atoms with E-state index in [2.05, 4.69) is 67.2 Å². The quantitative estimate of drug-likeness (QED) is 0.898. The van der Waals surface area contributed by atoms with Crippen LogP contribution < -0.4 is 10.9 Å². The van der Waals surface area contributed by atoms with Gasteiger partial charge in [0.25, 0.3) is 0 Å². The van der Waals surface area contributed by atoms with Crippen LogP contribution in [0.4, 0.5) is 0 Å². The monoisotopic (exact) mass is 308 g/mol. The summed E-state index contributed by atoms with van der Waals surface area (Å²) in [6.07, 6.45) is 3.16. The number of benzene rings is 2. The van der Waals surface area contributed by atoms with Gasteiger partial charge in [-0.25, -0.2) is 0 Å². The minimum atomic E-state index is -0.536. The lowest BCUT2D eigenvalue weighted by Crippen LogP contribution is -2.28. The van der Waals surface area contributed by atoms with E-state index in [0.717, 1.165) is 12.1 Å². The normalized spacial score (nSPS) is 18.5. The van der Waals surface area contributed by atoms with Gasteiger partial charge in [0.1, 0.15) is 0 Å². The molecule has 0 aromatic heterocycles. The molecule has 0 saturated carbocycles. The Balaban J connectivity index is 2.20. The second-order valence-electron chi connectivity index (χ2n) is 7.22. The maximum atomic E-state index is 12.0. The third-order valence-electron chi connectivity index (χ3n) is 4.53. The van der Waals surface area contributed by atoms with Crippen molar-refractivity contribution in [3.8, 4) is 0 Å². The number of hydrogen-bond acceptors (Lipinski definition) is 2. The summed E-state index contributed by atoms with van der Waals surface area (Å²) in [5.41, 5.74) is 8.70. The average Bonchev–Trinajstić information content (AvgIpc) is 2.75. The summed E-state index contributed by atoms with van der Waals surface area (Å²) < 4.78 is 0. The minimum Gasteiger partial charge on any atom is -0.302 e. The highest BCUT2D eigenvalue weighted by atomic mass is 16.2. The fourth-order valence-electron chi connectivity index (χ4n) is 3.05. The maximum absolute atomic E-state index is 12.0. The number of nitrogens with one attached hydrogen (secondary N) is 2. The molecule has 0 radical (unpaired) electrons. The molecule has 1 amide bonds. The van der Waals surface area contributed by atoms with E-state index in [1.54, 1.807) is 0 Å². The topological polar surface area (TPSA) is 41.1 Å². The van der Waals surface area contributed by atoms with Crippen LogP contribution in [0.1, 0.15) is 38.8 Å². The van der Waals surface area contributed by atoms with Gasteiger partial charge in [-0.15, -0.1) is 0 Å². The first-order valence-electron chi connectivity index (χ1n) is 8.19. The third-order valence-corrected chi connectivity index (χ3v) is 4.53. The summed E-state index contributed by atoms with van der Waals surface area (Å²) in [6, 6.07) is 12.8. The molecule has 3 rings (SSSR count). The minimum absolute atomic E-state index is 0.00870. The van der Waals surface area contributed by atoms with Crippen molar-refractivity contribution >= 4 is 22.8 Å². The van der Waals surface area contributed by atoms with Gasteiger partial charge in [0.2, 0.25) is 5.91 Å². The van der Waals surface area contributed by atoms with E-state index in [-0.39, 0.29) is 5.91 Å². The highest BCUT2D eigenvalue weighted by Crippen LogP contribution is 2.33. The van der Waals surface area contributed by atoms with E-state index in [4.69, 9.17) is 0 Å². The van der Waals surface area contributed by atoms with Gasteiger partial charge < -0.3 is 5.43 Å². The van der Waals surface area contributed by atoms with Crippen molar-refractivity contribution in [2.75, 3.05) is 0 Å². The molecule has 0 atom stereocenters. The predicted molar refractivity (Wildman–Crippen MR) is 95.5 cm³/mol. The molecule has 0 aliphatic carbocycles. The van der Waals surface area contributed by atoms with Gasteiger partial charge in [0, 0.05) is 5.70 Å². The Morgan fingerprint density at radius 2 is 1.83 bits per heavy atom. The van der Waals surface area contributed by atoms with Crippen molar-refractivity contribution in [1.29, 1.82) is 0 Å². The molecule has 0 bridgehead atoms. The molecular formula is C20H24N2O. The molecule has 2 aromatic carbocycles. The number of carbonyl (C=O) groups excluding carboxylic acids is 1. The second-order valence-corrected chi connectivity index (χ2v) is 7.22. The largest absolute Gasteiger partial charge is 0.302 e. The van der Waals surface area contributed by atoms with Gasteiger partial charge in [-0.1, -0.05) is 50.2 Å². The van der Waals surface area contributed by atoms with Crippen LogP contribution in [0, 0.1) is 11.3 Å². The van der Waals surface area contributed by atoms with E-state index in [1.165, 1.54) is 21.9 Å². The van der Waals surface area contributed by atoms with E-state index in [0.29, 0.717) is 5.92 Å². The maximum Gasteiger partial charge on any atom is 0.249 e. The van der Waals surface area contributed by atoms with Crippen LogP contribution in [0.25, 0.3) is 16.8 Å². The first-order chi connectivity index (χ1) is 10.9. The lowest BCUT2D eigenvalue weighted by atomic mass is 9.86. The molecule has 0 unspecified atom stereocenters. The average molecular weight is 308 g/mol. The van der Waals surface area contributed by atoms with E-state index < -0.39 is 5.41 Å². The first kappa shape index (κ1) is 15.6. The fourth-order valence-corrected chi connectivity index (χ4v) is 3.05. The molecule has 0 spiro atoms. The number of amides is 1. The van der Waals surface area contributed by atoms with Crippen molar-refractivity contribution in [2.45, 2.75) is 34.1 Å². The second kappa shape index (κ2) is 5.73. The Kier molecular flexibility index (Phi) is 3.88. The number of carbonyl (C=O) groups is 1. The fraction of sp³-hybridized carbons (Fsp3) is 0.350. The molecule has 1 aliphatic rings. The summed E-state index contributed by atoms with van der Waals surface area (Å²) in [7, 11) is 0. The molecule has 1 fully saturated rings. The van der Waals surface area contributed by atoms with Crippen LogP contribution in [0.15, 0.2) is 42.1 Å². The van der Waals surface area contributed by atoms with Gasteiger partial charge in [-0.2, -0.15) is 0 Å². The van der Waals surface area contributed by atoms with Crippen molar-refractivity contribution in [2.24, 2.45) is 11.3 Å². The van der Waals surface area contributed by atoms with Crippen molar-refractivity contribution in [3.05, 3.63) is 53.2 Å². The molecule has 2 N–H and O–H groups in total. The number of fused-ring (bicyclic) bond motifs is 1. The Bertz CT molecular complexity index is 787. The molecule has 2 aromatic rings. The Hall–Kier alpha value is -2.29. The summed E-state index contributed by atoms with van der Waals surface area (Å²) in [4.78, 5) is 12.0. The highest BCUT2D eigenvalue weighted by Gasteiger charge is 2.38.